The Morgan fingerprint density at radius 2 is 1.69 bits per heavy atom. The Labute approximate surface area is 191 Å². The minimum absolute atomic E-state index is 0.0189. The van der Waals surface area contributed by atoms with E-state index in [9.17, 15) is 10.1 Å². The summed E-state index contributed by atoms with van der Waals surface area (Å²) in [6, 6.07) is 22.5. The second-order valence-corrected chi connectivity index (χ2v) is 8.39. The Morgan fingerprint density at radius 3 is 2.34 bits per heavy atom. The average molecular weight is 531 g/mol. The van der Waals surface area contributed by atoms with Gasteiger partial charge < -0.3 is 5.32 Å². The molecule has 0 spiro atoms. The van der Waals surface area contributed by atoms with E-state index in [1.807, 2.05) is 42.5 Å². The van der Waals surface area contributed by atoms with Gasteiger partial charge in [0.05, 0.1) is 0 Å². The van der Waals surface area contributed by atoms with Crippen LogP contribution >= 0.6 is 43.5 Å². The van der Waals surface area contributed by atoms with Gasteiger partial charge in [-0.1, -0.05) is 73.8 Å². The number of halogens is 3. The van der Waals surface area contributed by atoms with Gasteiger partial charge in [0.1, 0.15) is 11.6 Å². The number of rotatable bonds is 5. The van der Waals surface area contributed by atoms with Crippen LogP contribution in [0.1, 0.15) is 16.7 Å². The first-order chi connectivity index (χ1) is 14.0. The maximum absolute atomic E-state index is 12.4. The predicted molar refractivity (Wildman–Crippen MR) is 125 cm³/mol. The van der Waals surface area contributed by atoms with Gasteiger partial charge in [0.15, 0.2) is 0 Å². The van der Waals surface area contributed by atoms with Gasteiger partial charge in [0.2, 0.25) is 0 Å². The summed E-state index contributed by atoms with van der Waals surface area (Å²) in [7, 11) is 0. The van der Waals surface area contributed by atoms with Gasteiger partial charge in [0, 0.05) is 19.7 Å². The van der Waals surface area contributed by atoms with Crippen molar-refractivity contribution in [1.82, 2.24) is 0 Å². The minimum atomic E-state index is -0.469. The summed E-state index contributed by atoms with van der Waals surface area (Å²) in [4.78, 5) is 12.4. The van der Waals surface area contributed by atoms with E-state index >= 15 is 0 Å². The van der Waals surface area contributed by atoms with E-state index in [0.29, 0.717) is 10.7 Å². The number of hydrogen-bond donors (Lipinski definition) is 1. The van der Waals surface area contributed by atoms with Crippen LogP contribution in [0, 0.1) is 11.3 Å². The van der Waals surface area contributed by atoms with Crippen LogP contribution in [0.5, 0.6) is 0 Å². The van der Waals surface area contributed by atoms with Crippen LogP contribution < -0.4 is 5.32 Å². The number of nitriles is 1. The second-order valence-electron chi connectivity index (χ2n) is 6.25. The normalized spacial score (nSPS) is 11.0. The number of anilines is 1. The van der Waals surface area contributed by atoms with Crippen LogP contribution in [-0.2, 0) is 11.2 Å². The van der Waals surface area contributed by atoms with E-state index in [1.165, 1.54) is 5.56 Å². The Morgan fingerprint density at radius 1 is 1.00 bits per heavy atom. The molecule has 0 saturated carbocycles. The molecule has 29 heavy (non-hydrogen) atoms. The fraction of sp³-hybridized carbons (Fsp3) is 0.0435. The molecule has 3 aromatic carbocycles. The van der Waals surface area contributed by atoms with Crippen molar-refractivity contribution in [2.75, 3.05) is 5.32 Å². The number of nitrogens with one attached hydrogen (secondary N) is 1. The van der Waals surface area contributed by atoms with E-state index in [2.05, 4.69) is 43.2 Å². The van der Waals surface area contributed by atoms with E-state index < -0.39 is 5.91 Å². The number of amides is 1. The molecule has 0 aliphatic heterocycles. The molecule has 1 N–H and O–H groups in total. The van der Waals surface area contributed by atoms with Crippen molar-refractivity contribution < 1.29 is 4.79 Å². The van der Waals surface area contributed by atoms with Crippen LogP contribution in [0.4, 0.5) is 5.69 Å². The van der Waals surface area contributed by atoms with Crippen LogP contribution in [0.3, 0.4) is 0 Å². The van der Waals surface area contributed by atoms with Gasteiger partial charge in [-0.15, -0.1) is 0 Å². The number of benzene rings is 3. The zero-order chi connectivity index (χ0) is 20.8. The summed E-state index contributed by atoms with van der Waals surface area (Å²) < 4.78 is 1.97. The highest BCUT2D eigenvalue weighted by molar-refractivity contribution is 9.10. The molecule has 1 amide bonds. The highest BCUT2D eigenvalue weighted by atomic mass is 79.9. The lowest BCUT2D eigenvalue weighted by Crippen LogP contribution is -2.13. The highest BCUT2D eigenvalue weighted by Gasteiger charge is 2.11. The first kappa shape index (κ1) is 21.3. The smallest absolute Gasteiger partial charge is 0.266 e. The summed E-state index contributed by atoms with van der Waals surface area (Å²) in [6.45, 7) is 0. The van der Waals surface area contributed by atoms with Crippen molar-refractivity contribution >= 4 is 61.1 Å². The Bertz CT molecular complexity index is 1120. The molecule has 0 atom stereocenters. The van der Waals surface area contributed by atoms with E-state index in [-0.39, 0.29) is 5.57 Å². The molecular formula is C23H15Br2ClN2O. The maximum atomic E-state index is 12.4. The van der Waals surface area contributed by atoms with Gasteiger partial charge in [0.25, 0.3) is 5.91 Å². The maximum Gasteiger partial charge on any atom is 0.266 e. The summed E-state index contributed by atoms with van der Waals surface area (Å²) in [5.41, 5.74) is 3.64. The molecule has 3 rings (SSSR count). The third-order valence-electron chi connectivity index (χ3n) is 4.19. The summed E-state index contributed by atoms with van der Waals surface area (Å²) >= 11 is 13.0. The van der Waals surface area contributed by atoms with Gasteiger partial charge in [-0.25, -0.2) is 0 Å². The second kappa shape index (κ2) is 9.89. The van der Waals surface area contributed by atoms with Gasteiger partial charge >= 0.3 is 0 Å². The zero-order valence-corrected chi connectivity index (χ0v) is 19.1. The third kappa shape index (κ3) is 5.80. The van der Waals surface area contributed by atoms with Crippen molar-refractivity contribution in [3.63, 3.8) is 0 Å². The standard InChI is InChI=1S/C23H15Br2ClN2O/c24-21-4-2-1-3-16(21)13-17-6-5-15(12-22(17)25)11-18(14-27)23(29)28-20-9-7-19(26)8-10-20/h1-12H,13H2,(H,28,29)/b18-11+. The monoisotopic (exact) mass is 528 g/mol. The van der Waals surface area contributed by atoms with Crippen molar-refractivity contribution in [3.8, 4) is 6.07 Å². The molecule has 0 fully saturated rings. The third-order valence-corrected chi connectivity index (χ3v) is 5.96. The van der Waals surface area contributed by atoms with Crippen molar-refractivity contribution in [2.24, 2.45) is 0 Å². The fourth-order valence-electron chi connectivity index (χ4n) is 2.69. The molecule has 0 radical (unpaired) electrons. The fourth-order valence-corrected chi connectivity index (χ4v) is 3.78. The Balaban J connectivity index is 1.78. The molecule has 0 aliphatic carbocycles. The van der Waals surface area contributed by atoms with Crippen molar-refractivity contribution in [2.45, 2.75) is 6.42 Å². The van der Waals surface area contributed by atoms with Crippen LogP contribution in [-0.4, -0.2) is 5.91 Å². The number of hydrogen-bond acceptors (Lipinski definition) is 2. The first-order valence-electron chi connectivity index (χ1n) is 8.67. The van der Waals surface area contributed by atoms with Crippen molar-refractivity contribution in [3.05, 3.63) is 103 Å². The molecule has 6 heteroatoms. The SMILES string of the molecule is N#C/C(=C\c1ccc(Cc2ccccc2Br)c(Br)c1)C(=O)Nc1ccc(Cl)cc1. The largest absolute Gasteiger partial charge is 0.321 e. The Hall–Kier alpha value is -2.39. The van der Waals surface area contributed by atoms with Crippen LogP contribution in [0.25, 0.3) is 6.08 Å². The van der Waals surface area contributed by atoms with Crippen LogP contribution in [0.2, 0.25) is 5.02 Å². The molecule has 0 heterocycles. The van der Waals surface area contributed by atoms with Gasteiger partial charge in [-0.05, 0) is 65.6 Å². The molecule has 0 unspecified atom stereocenters. The predicted octanol–water partition coefficient (Wildman–Crippen LogP) is 7.00. The van der Waals surface area contributed by atoms with E-state index in [0.717, 1.165) is 26.5 Å². The minimum Gasteiger partial charge on any atom is -0.321 e. The lowest BCUT2D eigenvalue weighted by molar-refractivity contribution is -0.112. The van der Waals surface area contributed by atoms with E-state index in [4.69, 9.17) is 11.6 Å². The molecule has 0 aliphatic rings. The number of carbonyl (C=O) groups excluding carboxylic acids is 1. The lowest BCUT2D eigenvalue weighted by Gasteiger charge is -2.08. The number of carbonyl (C=O) groups is 1. The lowest BCUT2D eigenvalue weighted by atomic mass is 10.0. The summed E-state index contributed by atoms with van der Waals surface area (Å²) in [5, 5.41) is 12.7. The zero-order valence-electron chi connectivity index (χ0n) is 15.1. The van der Waals surface area contributed by atoms with E-state index in [1.54, 1.807) is 30.3 Å². The molecule has 144 valence electrons. The number of nitrogens with zero attached hydrogens (tertiary/aromatic N) is 1. The van der Waals surface area contributed by atoms with Crippen molar-refractivity contribution in [1.29, 1.82) is 5.26 Å². The van der Waals surface area contributed by atoms with Gasteiger partial charge in [-0.2, -0.15) is 5.26 Å². The van der Waals surface area contributed by atoms with Crippen LogP contribution in [0.15, 0.2) is 81.2 Å². The first-order valence-corrected chi connectivity index (χ1v) is 10.6. The van der Waals surface area contributed by atoms with Gasteiger partial charge in [-0.3, -0.25) is 4.79 Å². The summed E-state index contributed by atoms with van der Waals surface area (Å²) in [5.74, 6) is -0.469. The topological polar surface area (TPSA) is 52.9 Å². The molecule has 0 saturated heterocycles. The quantitative estimate of drug-likeness (QED) is 0.285. The molecule has 0 bridgehead atoms. The Kier molecular flexibility index (Phi) is 7.27. The average Bonchev–Trinajstić information content (AvgIpc) is 2.71. The molecule has 3 nitrogen and oxygen atoms in total. The molecule has 0 aromatic heterocycles. The molecule has 3 aromatic rings. The highest BCUT2D eigenvalue weighted by Crippen LogP contribution is 2.26. The summed E-state index contributed by atoms with van der Waals surface area (Å²) in [6.07, 6.45) is 2.33. The molecular weight excluding hydrogens is 516 g/mol.